The van der Waals surface area contributed by atoms with Gasteiger partial charge in [0.1, 0.15) is 5.75 Å². The molecule has 1 saturated heterocycles. The molecule has 1 N–H and O–H groups in total. The van der Waals surface area contributed by atoms with Crippen LogP contribution in [0.5, 0.6) is 5.75 Å². The van der Waals surface area contributed by atoms with Crippen molar-refractivity contribution in [1.82, 2.24) is 0 Å². The van der Waals surface area contributed by atoms with Gasteiger partial charge in [-0.05, 0) is 42.8 Å². The number of aryl methyl sites for hydroxylation is 1. The van der Waals surface area contributed by atoms with Crippen LogP contribution in [0.25, 0.3) is 0 Å². The monoisotopic (exact) mass is 392 g/mol. The van der Waals surface area contributed by atoms with Gasteiger partial charge >= 0.3 is 0 Å². The Labute approximate surface area is 161 Å². The number of ether oxygens (including phenoxy) is 1. The number of carbonyl (C=O) groups is 2. The average Bonchev–Trinajstić information content (AvgIpc) is 2.99. The second-order valence-electron chi connectivity index (χ2n) is 6.19. The van der Waals surface area contributed by atoms with Crippen LogP contribution in [0.3, 0.4) is 0 Å². The Morgan fingerprint density at radius 3 is 2.73 bits per heavy atom. The van der Waals surface area contributed by atoms with E-state index in [1.165, 1.54) is 4.90 Å². The van der Waals surface area contributed by atoms with Crippen LogP contribution >= 0.6 is 23.2 Å². The normalized spacial score (nSPS) is 16.7. The number of methoxy groups -OCH3 is 1. The smallest absolute Gasteiger partial charge is 0.229 e. The van der Waals surface area contributed by atoms with E-state index in [0.717, 1.165) is 5.56 Å². The van der Waals surface area contributed by atoms with E-state index in [0.29, 0.717) is 27.2 Å². The summed E-state index contributed by atoms with van der Waals surface area (Å²) in [5.74, 6) is -0.306. The van der Waals surface area contributed by atoms with Gasteiger partial charge in [-0.1, -0.05) is 29.3 Å². The Morgan fingerprint density at radius 1 is 1.23 bits per heavy atom. The third-order valence-electron chi connectivity index (χ3n) is 4.31. The Balaban J connectivity index is 1.77. The highest BCUT2D eigenvalue weighted by Gasteiger charge is 2.36. The molecule has 1 aliphatic rings. The fourth-order valence-electron chi connectivity index (χ4n) is 2.96. The first-order valence-corrected chi connectivity index (χ1v) is 8.85. The molecule has 2 amide bonds. The number of amides is 2. The zero-order valence-corrected chi connectivity index (χ0v) is 15.9. The van der Waals surface area contributed by atoms with E-state index >= 15 is 0 Å². The summed E-state index contributed by atoms with van der Waals surface area (Å²) in [5.41, 5.74) is 2.10. The minimum atomic E-state index is -0.484. The second kappa shape index (κ2) is 7.56. The number of nitrogens with zero attached hydrogens (tertiary/aromatic N) is 1. The van der Waals surface area contributed by atoms with Gasteiger partial charge in [-0.25, -0.2) is 0 Å². The zero-order valence-electron chi connectivity index (χ0n) is 14.4. The van der Waals surface area contributed by atoms with E-state index in [2.05, 4.69) is 5.32 Å². The van der Waals surface area contributed by atoms with Gasteiger partial charge in [0, 0.05) is 18.0 Å². The molecule has 0 bridgehead atoms. The lowest BCUT2D eigenvalue weighted by Crippen LogP contribution is -2.28. The molecular formula is C19H18Cl2N2O3. The van der Waals surface area contributed by atoms with Crippen molar-refractivity contribution in [3.8, 4) is 5.75 Å². The molecular weight excluding hydrogens is 375 g/mol. The minimum absolute atomic E-state index is 0.114. The largest absolute Gasteiger partial charge is 0.495 e. The third-order valence-corrected chi connectivity index (χ3v) is 4.86. The molecule has 1 aliphatic heterocycles. The molecule has 1 fully saturated rings. The van der Waals surface area contributed by atoms with Crippen molar-refractivity contribution in [3.63, 3.8) is 0 Å². The molecule has 0 spiro atoms. The van der Waals surface area contributed by atoms with Crippen LogP contribution in [0.2, 0.25) is 10.0 Å². The Kier molecular flexibility index (Phi) is 5.39. The summed E-state index contributed by atoms with van der Waals surface area (Å²) in [7, 11) is 1.54. The van der Waals surface area contributed by atoms with Gasteiger partial charge in [-0.2, -0.15) is 0 Å². The van der Waals surface area contributed by atoms with Crippen molar-refractivity contribution in [2.75, 3.05) is 23.9 Å². The first kappa shape index (κ1) is 18.5. The summed E-state index contributed by atoms with van der Waals surface area (Å²) >= 11 is 12.2. The number of rotatable bonds is 4. The van der Waals surface area contributed by atoms with Crippen molar-refractivity contribution >= 4 is 46.4 Å². The van der Waals surface area contributed by atoms with Crippen LogP contribution in [-0.4, -0.2) is 25.5 Å². The highest BCUT2D eigenvalue weighted by molar-refractivity contribution is 6.36. The van der Waals surface area contributed by atoms with E-state index in [1.807, 2.05) is 19.1 Å². The predicted molar refractivity (Wildman–Crippen MR) is 103 cm³/mol. The van der Waals surface area contributed by atoms with Crippen molar-refractivity contribution in [2.24, 2.45) is 5.92 Å². The summed E-state index contributed by atoms with van der Waals surface area (Å²) in [6.07, 6.45) is 0.114. The van der Waals surface area contributed by atoms with E-state index in [9.17, 15) is 9.59 Å². The number of nitrogens with one attached hydrogen (secondary N) is 1. The number of halogens is 2. The molecule has 0 saturated carbocycles. The summed E-state index contributed by atoms with van der Waals surface area (Å²) in [6.45, 7) is 2.18. The van der Waals surface area contributed by atoms with E-state index < -0.39 is 5.92 Å². The molecule has 5 nitrogen and oxygen atoms in total. The quantitative estimate of drug-likeness (QED) is 0.843. The fraction of sp³-hybridized carbons (Fsp3) is 0.263. The average molecular weight is 393 g/mol. The maximum atomic E-state index is 12.7. The van der Waals surface area contributed by atoms with Gasteiger partial charge in [0.05, 0.1) is 29.4 Å². The molecule has 0 aromatic heterocycles. The molecule has 1 atom stereocenters. The molecule has 0 radical (unpaired) electrons. The van der Waals surface area contributed by atoms with Crippen LogP contribution in [0.15, 0.2) is 36.4 Å². The second-order valence-corrected chi connectivity index (χ2v) is 7.04. The summed E-state index contributed by atoms with van der Waals surface area (Å²) in [6, 6.07) is 10.4. The van der Waals surface area contributed by atoms with Crippen LogP contribution in [0.1, 0.15) is 12.0 Å². The van der Waals surface area contributed by atoms with Crippen molar-refractivity contribution in [2.45, 2.75) is 13.3 Å². The van der Waals surface area contributed by atoms with Crippen LogP contribution < -0.4 is 15.0 Å². The molecule has 1 unspecified atom stereocenters. The number of hydrogen-bond acceptors (Lipinski definition) is 3. The van der Waals surface area contributed by atoms with E-state index in [-0.39, 0.29) is 24.8 Å². The van der Waals surface area contributed by atoms with E-state index in [4.69, 9.17) is 27.9 Å². The summed E-state index contributed by atoms with van der Waals surface area (Å²) in [4.78, 5) is 26.6. The third kappa shape index (κ3) is 3.79. The predicted octanol–water partition coefficient (Wildman–Crippen LogP) is 4.30. The maximum absolute atomic E-state index is 12.7. The molecule has 26 heavy (non-hydrogen) atoms. The molecule has 7 heteroatoms. The molecule has 3 rings (SSSR count). The van der Waals surface area contributed by atoms with Crippen molar-refractivity contribution in [1.29, 1.82) is 0 Å². The lowest BCUT2D eigenvalue weighted by atomic mass is 10.1. The SMILES string of the molecule is COc1ccc(C)cc1NC(=O)C1CC(=O)N(c2cc(Cl)ccc2Cl)C1. The Bertz CT molecular complexity index is 870. The first-order valence-electron chi connectivity index (χ1n) is 8.10. The minimum Gasteiger partial charge on any atom is -0.495 e. The summed E-state index contributed by atoms with van der Waals surface area (Å²) < 4.78 is 5.28. The van der Waals surface area contributed by atoms with E-state index in [1.54, 1.807) is 31.4 Å². The topological polar surface area (TPSA) is 58.6 Å². The number of anilines is 2. The Morgan fingerprint density at radius 2 is 2.00 bits per heavy atom. The Hall–Kier alpha value is -2.24. The lowest BCUT2D eigenvalue weighted by Gasteiger charge is -2.18. The highest BCUT2D eigenvalue weighted by Crippen LogP contribution is 2.34. The van der Waals surface area contributed by atoms with Crippen LogP contribution in [0.4, 0.5) is 11.4 Å². The van der Waals surface area contributed by atoms with Gasteiger partial charge in [-0.3, -0.25) is 9.59 Å². The van der Waals surface area contributed by atoms with Gasteiger partial charge in [-0.15, -0.1) is 0 Å². The van der Waals surface area contributed by atoms with Crippen molar-refractivity contribution < 1.29 is 14.3 Å². The molecule has 1 heterocycles. The molecule has 2 aromatic rings. The maximum Gasteiger partial charge on any atom is 0.229 e. The molecule has 136 valence electrons. The number of carbonyl (C=O) groups excluding carboxylic acids is 2. The first-order chi connectivity index (χ1) is 12.4. The zero-order chi connectivity index (χ0) is 18.8. The van der Waals surface area contributed by atoms with Gasteiger partial charge in [0.2, 0.25) is 11.8 Å². The molecule has 0 aliphatic carbocycles. The van der Waals surface area contributed by atoms with Crippen molar-refractivity contribution in [3.05, 3.63) is 52.0 Å². The standard InChI is InChI=1S/C19H18Cl2N2O3/c1-11-3-6-17(26-2)15(7-11)22-19(25)12-8-18(24)23(10-12)16-9-13(20)4-5-14(16)21/h3-7,9,12H,8,10H2,1-2H3,(H,22,25). The van der Waals surface area contributed by atoms with Gasteiger partial charge in [0.15, 0.2) is 0 Å². The fourth-order valence-corrected chi connectivity index (χ4v) is 3.35. The van der Waals surface area contributed by atoms with Crippen LogP contribution in [0, 0.1) is 12.8 Å². The van der Waals surface area contributed by atoms with Gasteiger partial charge in [0.25, 0.3) is 0 Å². The number of hydrogen-bond donors (Lipinski definition) is 1. The lowest BCUT2D eigenvalue weighted by molar-refractivity contribution is -0.122. The summed E-state index contributed by atoms with van der Waals surface area (Å²) in [5, 5.41) is 3.76. The number of benzene rings is 2. The highest BCUT2D eigenvalue weighted by atomic mass is 35.5. The van der Waals surface area contributed by atoms with Gasteiger partial charge < -0.3 is 15.0 Å². The van der Waals surface area contributed by atoms with Crippen LogP contribution in [-0.2, 0) is 9.59 Å². The molecule has 2 aromatic carbocycles.